The van der Waals surface area contributed by atoms with Gasteiger partial charge in [0.2, 0.25) is 5.91 Å². The van der Waals surface area contributed by atoms with E-state index in [1.165, 1.54) is 24.1 Å². The summed E-state index contributed by atoms with van der Waals surface area (Å²) in [5, 5.41) is 13.9. The van der Waals surface area contributed by atoms with Gasteiger partial charge in [-0.05, 0) is 11.6 Å². The Morgan fingerprint density at radius 3 is 2.65 bits per heavy atom. The van der Waals surface area contributed by atoms with Gasteiger partial charge in [-0.3, -0.25) is 14.9 Å². The van der Waals surface area contributed by atoms with Crippen LogP contribution in [0.3, 0.4) is 0 Å². The van der Waals surface area contributed by atoms with Gasteiger partial charge in [-0.25, -0.2) is 0 Å². The second-order valence-electron chi connectivity index (χ2n) is 4.51. The number of benzene rings is 1. The molecule has 0 aliphatic heterocycles. The average Bonchev–Trinajstić information content (AvgIpc) is 2.42. The van der Waals surface area contributed by atoms with Crippen LogP contribution < -0.4 is 10.1 Å². The fourth-order valence-electron chi connectivity index (χ4n) is 1.62. The molecular formula is C13H19N3O4. The summed E-state index contributed by atoms with van der Waals surface area (Å²) in [7, 11) is 4.87. The van der Waals surface area contributed by atoms with Gasteiger partial charge in [-0.1, -0.05) is 0 Å². The normalized spacial score (nSPS) is 10.2. The van der Waals surface area contributed by atoms with Crippen molar-refractivity contribution in [2.45, 2.75) is 13.0 Å². The predicted octanol–water partition coefficient (Wildman–Crippen LogP) is 1.17. The molecule has 0 saturated carbocycles. The average molecular weight is 281 g/mol. The van der Waals surface area contributed by atoms with Crippen molar-refractivity contribution in [3.63, 3.8) is 0 Å². The van der Waals surface area contributed by atoms with Crippen molar-refractivity contribution in [2.24, 2.45) is 0 Å². The number of carbonyl (C=O) groups is 1. The van der Waals surface area contributed by atoms with E-state index in [-0.39, 0.29) is 11.6 Å². The molecule has 7 heteroatoms. The molecule has 110 valence electrons. The molecule has 1 amide bonds. The van der Waals surface area contributed by atoms with Crippen molar-refractivity contribution in [1.29, 1.82) is 0 Å². The molecule has 0 spiro atoms. The summed E-state index contributed by atoms with van der Waals surface area (Å²) in [4.78, 5) is 23.2. The van der Waals surface area contributed by atoms with Gasteiger partial charge < -0.3 is 15.0 Å². The first-order valence-corrected chi connectivity index (χ1v) is 6.17. The lowest BCUT2D eigenvalue weighted by Crippen LogP contribution is -2.26. The molecule has 0 radical (unpaired) electrons. The van der Waals surface area contributed by atoms with E-state index >= 15 is 0 Å². The second-order valence-corrected chi connectivity index (χ2v) is 4.51. The number of rotatable bonds is 7. The van der Waals surface area contributed by atoms with Crippen molar-refractivity contribution in [1.82, 2.24) is 10.2 Å². The summed E-state index contributed by atoms with van der Waals surface area (Å²) in [6.07, 6.45) is 0.388. The highest BCUT2D eigenvalue weighted by Crippen LogP contribution is 2.22. The van der Waals surface area contributed by atoms with Gasteiger partial charge >= 0.3 is 0 Å². The van der Waals surface area contributed by atoms with E-state index in [0.717, 1.165) is 5.56 Å². The summed E-state index contributed by atoms with van der Waals surface area (Å²) in [5.74, 6) is 0.481. The Balaban J connectivity index is 2.57. The first-order chi connectivity index (χ1) is 9.43. The zero-order valence-corrected chi connectivity index (χ0v) is 11.9. The molecule has 0 aromatic heterocycles. The fraction of sp³-hybridized carbons (Fsp3) is 0.462. The molecule has 20 heavy (non-hydrogen) atoms. The number of hydrogen-bond acceptors (Lipinski definition) is 5. The molecule has 1 rings (SSSR count). The maximum atomic E-state index is 11.4. The molecule has 0 heterocycles. The van der Waals surface area contributed by atoms with Gasteiger partial charge in [0.1, 0.15) is 5.75 Å². The van der Waals surface area contributed by atoms with Gasteiger partial charge in [0, 0.05) is 39.7 Å². The van der Waals surface area contributed by atoms with Gasteiger partial charge in [0.15, 0.2) is 0 Å². The molecule has 0 unspecified atom stereocenters. The Bertz CT molecular complexity index is 489. The van der Waals surface area contributed by atoms with E-state index in [1.54, 1.807) is 20.2 Å². The number of nitrogens with zero attached hydrogens (tertiary/aromatic N) is 2. The Kier molecular flexibility index (Phi) is 5.92. The molecule has 0 atom stereocenters. The summed E-state index contributed by atoms with van der Waals surface area (Å²) >= 11 is 0. The molecule has 0 fully saturated rings. The van der Waals surface area contributed by atoms with Crippen LogP contribution in [0.15, 0.2) is 18.2 Å². The smallest absolute Gasteiger partial charge is 0.273 e. The predicted molar refractivity (Wildman–Crippen MR) is 74.7 cm³/mol. The zero-order valence-electron chi connectivity index (χ0n) is 11.9. The number of methoxy groups -OCH3 is 1. The molecule has 1 aromatic rings. The second kappa shape index (κ2) is 7.44. The first kappa shape index (κ1) is 15.9. The Hall–Kier alpha value is -2.15. The maximum Gasteiger partial charge on any atom is 0.273 e. The van der Waals surface area contributed by atoms with Gasteiger partial charge in [-0.2, -0.15) is 0 Å². The minimum absolute atomic E-state index is 0.00878. The summed E-state index contributed by atoms with van der Waals surface area (Å²) in [6.45, 7) is 0.959. The number of nitro benzene ring substituents is 1. The van der Waals surface area contributed by atoms with Crippen LogP contribution in [-0.2, 0) is 11.3 Å². The highest BCUT2D eigenvalue weighted by atomic mass is 16.6. The number of amides is 1. The summed E-state index contributed by atoms with van der Waals surface area (Å²) < 4.78 is 5.03. The fourth-order valence-corrected chi connectivity index (χ4v) is 1.62. The molecule has 7 nitrogen and oxygen atoms in total. The summed E-state index contributed by atoms with van der Waals surface area (Å²) in [6, 6.07) is 4.59. The molecule has 0 aliphatic carbocycles. The third-order valence-corrected chi connectivity index (χ3v) is 2.74. The van der Waals surface area contributed by atoms with Crippen molar-refractivity contribution >= 4 is 11.6 Å². The van der Waals surface area contributed by atoms with E-state index in [9.17, 15) is 14.9 Å². The van der Waals surface area contributed by atoms with Crippen LogP contribution in [0.1, 0.15) is 12.0 Å². The SMILES string of the molecule is COc1cc(CNCCC(=O)N(C)C)cc([N+](=O)[O-])c1. The Labute approximate surface area is 117 Å². The number of hydrogen-bond donors (Lipinski definition) is 1. The standard InChI is InChI=1S/C13H19N3O4/c1-15(2)13(17)4-5-14-9-10-6-11(16(18)19)8-12(7-10)20-3/h6-8,14H,4-5,9H2,1-3H3. The van der Waals surface area contributed by atoms with E-state index in [4.69, 9.17) is 4.74 Å². The van der Waals surface area contributed by atoms with Crippen LogP contribution in [-0.4, -0.2) is 43.5 Å². The Morgan fingerprint density at radius 1 is 1.40 bits per heavy atom. The van der Waals surface area contributed by atoms with E-state index in [1.807, 2.05) is 0 Å². The van der Waals surface area contributed by atoms with Crippen LogP contribution >= 0.6 is 0 Å². The molecular weight excluding hydrogens is 262 g/mol. The van der Waals surface area contributed by atoms with E-state index in [0.29, 0.717) is 25.3 Å². The maximum absolute atomic E-state index is 11.4. The van der Waals surface area contributed by atoms with E-state index < -0.39 is 4.92 Å². The van der Waals surface area contributed by atoms with E-state index in [2.05, 4.69) is 5.32 Å². The number of non-ortho nitro benzene ring substituents is 1. The molecule has 1 aromatic carbocycles. The van der Waals surface area contributed by atoms with Crippen molar-refractivity contribution in [3.05, 3.63) is 33.9 Å². The summed E-state index contributed by atoms with van der Waals surface area (Å²) in [5.41, 5.74) is 0.735. The third kappa shape index (κ3) is 4.85. The van der Waals surface area contributed by atoms with Crippen LogP contribution in [0.5, 0.6) is 5.75 Å². The number of nitrogens with one attached hydrogen (secondary N) is 1. The van der Waals surface area contributed by atoms with Crippen LogP contribution in [0.4, 0.5) is 5.69 Å². The number of carbonyl (C=O) groups excluding carboxylic acids is 1. The molecule has 0 saturated heterocycles. The molecule has 0 bridgehead atoms. The van der Waals surface area contributed by atoms with Gasteiger partial charge in [-0.15, -0.1) is 0 Å². The minimum atomic E-state index is -0.457. The number of nitro groups is 1. The topological polar surface area (TPSA) is 84.7 Å². The molecule has 0 aliphatic rings. The van der Waals surface area contributed by atoms with Crippen LogP contribution in [0.25, 0.3) is 0 Å². The lowest BCUT2D eigenvalue weighted by atomic mass is 10.2. The van der Waals surface area contributed by atoms with Gasteiger partial charge in [0.05, 0.1) is 18.1 Å². The van der Waals surface area contributed by atoms with Crippen molar-refractivity contribution < 1.29 is 14.5 Å². The van der Waals surface area contributed by atoms with Crippen LogP contribution in [0.2, 0.25) is 0 Å². The van der Waals surface area contributed by atoms with Crippen LogP contribution in [0, 0.1) is 10.1 Å². The lowest BCUT2D eigenvalue weighted by Gasteiger charge is -2.10. The first-order valence-electron chi connectivity index (χ1n) is 6.17. The Morgan fingerprint density at radius 2 is 2.10 bits per heavy atom. The number of ether oxygens (including phenoxy) is 1. The highest BCUT2D eigenvalue weighted by Gasteiger charge is 2.10. The largest absolute Gasteiger partial charge is 0.496 e. The minimum Gasteiger partial charge on any atom is -0.496 e. The van der Waals surface area contributed by atoms with Gasteiger partial charge in [0.25, 0.3) is 5.69 Å². The monoisotopic (exact) mass is 281 g/mol. The highest BCUT2D eigenvalue weighted by molar-refractivity contribution is 5.75. The van der Waals surface area contributed by atoms with Crippen molar-refractivity contribution in [2.75, 3.05) is 27.7 Å². The lowest BCUT2D eigenvalue weighted by molar-refractivity contribution is -0.385. The molecule has 1 N–H and O–H groups in total. The zero-order chi connectivity index (χ0) is 15.1. The third-order valence-electron chi connectivity index (χ3n) is 2.74. The van der Waals surface area contributed by atoms with Crippen molar-refractivity contribution in [3.8, 4) is 5.75 Å². The quantitative estimate of drug-likeness (QED) is 0.461.